The number of hydrogen-bond acceptors (Lipinski definition) is 3. The number of aliphatic hydroxyl groups is 1. The minimum Gasteiger partial charge on any atom is -0.392 e. The van der Waals surface area contributed by atoms with Gasteiger partial charge in [-0.3, -0.25) is 0 Å². The Kier molecular flexibility index (Phi) is 2.38. The summed E-state index contributed by atoms with van der Waals surface area (Å²) in [5.74, 6) is 0.832. The van der Waals surface area contributed by atoms with Crippen molar-refractivity contribution in [2.45, 2.75) is 25.4 Å². The molecule has 0 bridgehead atoms. The molecule has 1 aliphatic heterocycles. The molecule has 1 saturated carbocycles. The van der Waals surface area contributed by atoms with Crippen LogP contribution in [-0.2, 0) is 6.61 Å². The van der Waals surface area contributed by atoms with Crippen LogP contribution in [0.2, 0.25) is 0 Å². The summed E-state index contributed by atoms with van der Waals surface area (Å²) in [6, 6.07) is 8.22. The smallest absolute Gasteiger partial charge is 0.0969 e. The Bertz CT molecular complexity index is 524. The third-order valence-electron chi connectivity index (χ3n) is 3.57. The molecule has 0 saturated heterocycles. The second-order valence-electron chi connectivity index (χ2n) is 4.75. The highest BCUT2D eigenvalue weighted by molar-refractivity contribution is 5.63. The molecule has 1 aromatic carbocycles. The Morgan fingerprint density at radius 2 is 2.24 bits per heavy atom. The summed E-state index contributed by atoms with van der Waals surface area (Å²) < 4.78 is 0. The second kappa shape index (κ2) is 3.90. The number of nitriles is 1. The molecule has 3 nitrogen and oxygen atoms in total. The second-order valence-corrected chi connectivity index (χ2v) is 4.75. The van der Waals surface area contributed by atoms with Crippen molar-refractivity contribution in [1.82, 2.24) is 0 Å². The first-order chi connectivity index (χ1) is 8.33. The monoisotopic (exact) mass is 226 g/mol. The van der Waals surface area contributed by atoms with Crippen molar-refractivity contribution in [1.29, 1.82) is 5.26 Å². The quantitative estimate of drug-likeness (QED) is 0.814. The number of allylic oxidation sites excluding steroid dienone is 1. The summed E-state index contributed by atoms with van der Waals surface area (Å²) in [4.78, 5) is 0. The lowest BCUT2D eigenvalue weighted by molar-refractivity contribution is 0.281. The van der Waals surface area contributed by atoms with Gasteiger partial charge in [-0.15, -0.1) is 0 Å². The molecule has 2 N–H and O–H groups in total. The van der Waals surface area contributed by atoms with E-state index in [0.717, 1.165) is 22.4 Å². The maximum atomic E-state index is 9.20. The van der Waals surface area contributed by atoms with Crippen LogP contribution in [0, 0.1) is 17.2 Å². The summed E-state index contributed by atoms with van der Waals surface area (Å²) in [6.07, 6.45) is 4.23. The van der Waals surface area contributed by atoms with Gasteiger partial charge in [-0.2, -0.15) is 5.26 Å². The molecular weight excluding hydrogens is 212 g/mol. The SMILES string of the molecule is N#CC1=CNc2ccc(CO)cc2C1C1CC1. The van der Waals surface area contributed by atoms with Crippen LogP contribution in [-0.4, -0.2) is 5.11 Å². The number of fused-ring (bicyclic) bond motifs is 1. The summed E-state index contributed by atoms with van der Waals surface area (Å²) in [5.41, 5.74) is 3.96. The summed E-state index contributed by atoms with van der Waals surface area (Å²) >= 11 is 0. The van der Waals surface area contributed by atoms with E-state index >= 15 is 0 Å². The van der Waals surface area contributed by atoms with E-state index in [-0.39, 0.29) is 12.5 Å². The maximum absolute atomic E-state index is 9.20. The van der Waals surface area contributed by atoms with Gasteiger partial charge in [0.1, 0.15) is 0 Å². The molecule has 1 aliphatic carbocycles. The van der Waals surface area contributed by atoms with E-state index in [1.54, 1.807) is 0 Å². The molecule has 1 aromatic rings. The van der Waals surface area contributed by atoms with Crippen LogP contribution in [0.5, 0.6) is 0 Å². The lowest BCUT2D eigenvalue weighted by Crippen LogP contribution is -2.13. The van der Waals surface area contributed by atoms with Crippen LogP contribution in [0.25, 0.3) is 0 Å². The van der Waals surface area contributed by atoms with E-state index in [1.165, 1.54) is 12.8 Å². The van der Waals surface area contributed by atoms with E-state index < -0.39 is 0 Å². The van der Waals surface area contributed by atoms with E-state index in [2.05, 4.69) is 11.4 Å². The molecule has 0 radical (unpaired) electrons. The Morgan fingerprint density at radius 3 is 2.88 bits per heavy atom. The fourth-order valence-corrected chi connectivity index (χ4v) is 2.55. The van der Waals surface area contributed by atoms with Gasteiger partial charge in [-0.25, -0.2) is 0 Å². The molecule has 17 heavy (non-hydrogen) atoms. The van der Waals surface area contributed by atoms with Crippen LogP contribution >= 0.6 is 0 Å². The van der Waals surface area contributed by atoms with Crippen LogP contribution in [0.1, 0.15) is 29.9 Å². The Labute approximate surface area is 100 Å². The standard InChI is InChI=1S/C14H14N2O/c15-6-11-7-16-13-4-1-9(8-17)5-12(13)14(11)10-2-3-10/h1,4-5,7,10,14,16-17H,2-3,8H2. The predicted octanol–water partition coefficient (Wildman–Crippen LogP) is 2.51. The summed E-state index contributed by atoms with van der Waals surface area (Å²) in [6.45, 7) is 0.0519. The highest BCUT2D eigenvalue weighted by Gasteiger charge is 2.37. The van der Waals surface area contributed by atoms with Gasteiger partial charge in [-0.1, -0.05) is 12.1 Å². The zero-order valence-corrected chi connectivity index (χ0v) is 9.48. The lowest BCUT2D eigenvalue weighted by atomic mass is 9.84. The Morgan fingerprint density at radius 1 is 1.41 bits per heavy atom. The van der Waals surface area contributed by atoms with Crippen molar-refractivity contribution in [3.05, 3.63) is 41.1 Å². The first-order valence-electron chi connectivity index (χ1n) is 5.94. The molecule has 1 atom stereocenters. The number of rotatable bonds is 2. The summed E-state index contributed by atoms with van der Waals surface area (Å²) in [5, 5.41) is 21.5. The number of nitrogens with zero attached hydrogens (tertiary/aromatic N) is 1. The fourth-order valence-electron chi connectivity index (χ4n) is 2.55. The normalized spacial score (nSPS) is 22.1. The molecule has 0 aromatic heterocycles. The first kappa shape index (κ1) is 10.4. The highest BCUT2D eigenvalue weighted by Crippen LogP contribution is 2.49. The van der Waals surface area contributed by atoms with Gasteiger partial charge >= 0.3 is 0 Å². The molecule has 86 valence electrons. The first-order valence-corrected chi connectivity index (χ1v) is 5.94. The van der Waals surface area contributed by atoms with Gasteiger partial charge in [0.2, 0.25) is 0 Å². The minimum atomic E-state index is 0.0519. The van der Waals surface area contributed by atoms with Gasteiger partial charge in [0.15, 0.2) is 0 Å². The fraction of sp³-hybridized carbons (Fsp3) is 0.357. The molecule has 3 heteroatoms. The molecule has 0 spiro atoms. The van der Waals surface area contributed by atoms with Gasteiger partial charge in [0.25, 0.3) is 0 Å². The Balaban J connectivity index is 2.07. The minimum absolute atomic E-state index is 0.0519. The number of benzene rings is 1. The van der Waals surface area contributed by atoms with Gasteiger partial charge in [0, 0.05) is 17.8 Å². The van der Waals surface area contributed by atoms with Gasteiger partial charge < -0.3 is 10.4 Å². The lowest BCUT2D eigenvalue weighted by Gasteiger charge is -2.25. The molecule has 1 unspecified atom stereocenters. The average molecular weight is 226 g/mol. The van der Waals surface area contributed by atoms with Crippen LogP contribution in [0.3, 0.4) is 0 Å². The van der Waals surface area contributed by atoms with Gasteiger partial charge in [-0.05, 0) is 36.0 Å². The molecular formula is C14H14N2O. The van der Waals surface area contributed by atoms with E-state index in [4.69, 9.17) is 0 Å². The highest BCUT2D eigenvalue weighted by atomic mass is 16.3. The topological polar surface area (TPSA) is 56.0 Å². The molecule has 2 aliphatic rings. The van der Waals surface area contributed by atoms with Crippen LogP contribution < -0.4 is 5.32 Å². The maximum Gasteiger partial charge on any atom is 0.0969 e. The zero-order valence-electron chi connectivity index (χ0n) is 9.48. The average Bonchev–Trinajstić information content (AvgIpc) is 3.20. The van der Waals surface area contributed by atoms with Crippen molar-refractivity contribution >= 4 is 5.69 Å². The largest absolute Gasteiger partial charge is 0.392 e. The van der Waals surface area contributed by atoms with E-state index in [9.17, 15) is 10.4 Å². The van der Waals surface area contributed by atoms with Crippen molar-refractivity contribution in [3.63, 3.8) is 0 Å². The van der Waals surface area contributed by atoms with E-state index in [0.29, 0.717) is 5.92 Å². The van der Waals surface area contributed by atoms with Crippen molar-refractivity contribution < 1.29 is 5.11 Å². The number of anilines is 1. The van der Waals surface area contributed by atoms with Crippen molar-refractivity contribution in [3.8, 4) is 6.07 Å². The molecule has 1 heterocycles. The Hall–Kier alpha value is -1.79. The zero-order chi connectivity index (χ0) is 11.8. The number of aliphatic hydroxyl groups excluding tert-OH is 1. The van der Waals surface area contributed by atoms with E-state index in [1.807, 2.05) is 24.4 Å². The predicted molar refractivity (Wildman–Crippen MR) is 65.1 cm³/mol. The van der Waals surface area contributed by atoms with Crippen molar-refractivity contribution in [2.24, 2.45) is 5.92 Å². The number of hydrogen-bond donors (Lipinski definition) is 2. The third kappa shape index (κ3) is 1.71. The van der Waals surface area contributed by atoms with Crippen LogP contribution in [0.4, 0.5) is 5.69 Å². The third-order valence-corrected chi connectivity index (χ3v) is 3.57. The molecule has 3 rings (SSSR count). The van der Waals surface area contributed by atoms with Crippen LogP contribution in [0.15, 0.2) is 30.0 Å². The molecule has 0 amide bonds. The van der Waals surface area contributed by atoms with Gasteiger partial charge in [0.05, 0.1) is 18.2 Å². The van der Waals surface area contributed by atoms with Crippen molar-refractivity contribution in [2.75, 3.05) is 5.32 Å². The number of nitrogens with one attached hydrogen (secondary N) is 1. The molecule has 1 fully saturated rings. The summed E-state index contributed by atoms with van der Waals surface area (Å²) in [7, 11) is 0.